The molecule has 1 saturated carbocycles. The second kappa shape index (κ2) is 5.88. The number of thiophene rings is 1. The zero-order valence-corrected chi connectivity index (χ0v) is 14.1. The minimum atomic E-state index is -3.46. The molecule has 1 saturated heterocycles. The first-order valence-electron chi connectivity index (χ1n) is 7.47. The molecule has 3 rings (SSSR count). The molecule has 1 aromatic rings. The summed E-state index contributed by atoms with van der Waals surface area (Å²) >= 11 is 1.07. The third-order valence-corrected chi connectivity index (χ3v) is 7.62. The summed E-state index contributed by atoms with van der Waals surface area (Å²) in [6.07, 6.45) is 2.61. The van der Waals surface area contributed by atoms with Gasteiger partial charge < -0.3 is 10.4 Å². The summed E-state index contributed by atoms with van der Waals surface area (Å²) in [4.78, 5) is 23.6. The van der Waals surface area contributed by atoms with Gasteiger partial charge in [0, 0.05) is 18.0 Å². The van der Waals surface area contributed by atoms with Crippen LogP contribution in [0.15, 0.2) is 16.3 Å². The molecule has 0 spiro atoms. The third-order valence-electron chi connectivity index (χ3n) is 4.17. The Balaban J connectivity index is 1.65. The number of carbonyl (C=O) groups is 2. The zero-order chi connectivity index (χ0) is 16.7. The predicted octanol–water partition coefficient (Wildman–Crippen LogP) is 0.808. The molecule has 0 radical (unpaired) electrons. The van der Waals surface area contributed by atoms with Crippen molar-refractivity contribution in [1.82, 2.24) is 9.62 Å². The predicted molar refractivity (Wildman–Crippen MR) is 83.8 cm³/mol. The van der Waals surface area contributed by atoms with E-state index >= 15 is 0 Å². The van der Waals surface area contributed by atoms with Crippen LogP contribution < -0.4 is 5.32 Å². The summed E-state index contributed by atoms with van der Waals surface area (Å²) in [5.41, 5.74) is -1.11. The van der Waals surface area contributed by atoms with E-state index in [1.165, 1.54) is 10.4 Å². The SMILES string of the molecule is O=C(Cc1ccc(S(=O)(=O)N2CCCC2)s1)NC1(C(=O)O)CC1. The molecule has 0 atom stereocenters. The van der Waals surface area contributed by atoms with Gasteiger partial charge in [0.1, 0.15) is 9.75 Å². The highest BCUT2D eigenvalue weighted by Gasteiger charge is 2.51. The van der Waals surface area contributed by atoms with Crippen LogP contribution in [0, 0.1) is 0 Å². The van der Waals surface area contributed by atoms with Gasteiger partial charge in [-0.3, -0.25) is 4.79 Å². The van der Waals surface area contributed by atoms with Gasteiger partial charge in [-0.25, -0.2) is 13.2 Å². The van der Waals surface area contributed by atoms with E-state index in [2.05, 4.69) is 5.32 Å². The molecule has 126 valence electrons. The van der Waals surface area contributed by atoms with Gasteiger partial charge in [0.25, 0.3) is 10.0 Å². The number of aliphatic carboxylic acids is 1. The minimum absolute atomic E-state index is 0.00475. The van der Waals surface area contributed by atoms with Gasteiger partial charge in [0.15, 0.2) is 0 Å². The van der Waals surface area contributed by atoms with Crippen molar-refractivity contribution in [3.05, 3.63) is 17.0 Å². The van der Waals surface area contributed by atoms with Gasteiger partial charge in [-0.05, 0) is 37.8 Å². The molecular weight excluding hydrogens is 340 g/mol. The number of nitrogens with one attached hydrogen (secondary N) is 1. The zero-order valence-electron chi connectivity index (χ0n) is 12.4. The fraction of sp³-hybridized carbons (Fsp3) is 0.571. The van der Waals surface area contributed by atoms with Crippen LogP contribution in [-0.2, 0) is 26.0 Å². The number of hydrogen-bond donors (Lipinski definition) is 2. The van der Waals surface area contributed by atoms with Crippen LogP contribution in [0.4, 0.5) is 0 Å². The molecule has 2 aliphatic rings. The number of amides is 1. The summed E-state index contributed by atoms with van der Waals surface area (Å²) in [5, 5.41) is 11.6. The number of carboxylic acids is 1. The second-order valence-electron chi connectivity index (χ2n) is 5.94. The van der Waals surface area contributed by atoms with Crippen LogP contribution in [0.25, 0.3) is 0 Å². The number of rotatable bonds is 6. The van der Waals surface area contributed by atoms with Gasteiger partial charge in [-0.1, -0.05) is 0 Å². The van der Waals surface area contributed by atoms with Crippen molar-refractivity contribution < 1.29 is 23.1 Å². The smallest absolute Gasteiger partial charge is 0.329 e. The first kappa shape index (κ1) is 16.4. The number of nitrogens with zero attached hydrogens (tertiary/aromatic N) is 1. The molecule has 7 nitrogen and oxygen atoms in total. The maximum atomic E-state index is 12.4. The lowest BCUT2D eigenvalue weighted by Crippen LogP contribution is -2.43. The molecule has 2 N–H and O–H groups in total. The quantitative estimate of drug-likeness (QED) is 0.783. The summed E-state index contributed by atoms with van der Waals surface area (Å²) in [6.45, 7) is 1.08. The van der Waals surface area contributed by atoms with Crippen molar-refractivity contribution in [2.75, 3.05) is 13.1 Å². The lowest BCUT2D eigenvalue weighted by atomic mass is 10.2. The van der Waals surface area contributed by atoms with E-state index in [0.29, 0.717) is 30.8 Å². The Morgan fingerprint density at radius 2 is 1.91 bits per heavy atom. The third kappa shape index (κ3) is 3.26. The van der Waals surface area contributed by atoms with E-state index < -0.39 is 27.4 Å². The number of carboxylic acid groups (broad SMARTS) is 1. The molecule has 2 heterocycles. The summed E-state index contributed by atoms with van der Waals surface area (Å²) in [5.74, 6) is -1.41. The van der Waals surface area contributed by atoms with Gasteiger partial charge >= 0.3 is 5.97 Å². The lowest BCUT2D eigenvalue weighted by molar-refractivity contribution is -0.143. The first-order valence-corrected chi connectivity index (χ1v) is 9.72. The number of carbonyl (C=O) groups excluding carboxylic acids is 1. The Morgan fingerprint density at radius 3 is 2.48 bits per heavy atom. The lowest BCUT2D eigenvalue weighted by Gasteiger charge is -2.13. The highest BCUT2D eigenvalue weighted by atomic mass is 32.2. The Bertz CT molecular complexity index is 730. The highest BCUT2D eigenvalue weighted by Crippen LogP contribution is 2.35. The van der Waals surface area contributed by atoms with E-state index in [1.54, 1.807) is 6.07 Å². The molecule has 0 unspecified atom stereocenters. The van der Waals surface area contributed by atoms with Crippen molar-refractivity contribution in [3.8, 4) is 0 Å². The molecule has 1 amide bonds. The van der Waals surface area contributed by atoms with Crippen LogP contribution in [0.5, 0.6) is 0 Å². The molecule has 23 heavy (non-hydrogen) atoms. The highest BCUT2D eigenvalue weighted by molar-refractivity contribution is 7.91. The molecular formula is C14H18N2O5S2. The van der Waals surface area contributed by atoms with E-state index in [9.17, 15) is 18.0 Å². The Morgan fingerprint density at radius 1 is 1.26 bits per heavy atom. The largest absolute Gasteiger partial charge is 0.480 e. The van der Waals surface area contributed by atoms with Crippen molar-refractivity contribution in [3.63, 3.8) is 0 Å². The Kier molecular flexibility index (Phi) is 4.19. The van der Waals surface area contributed by atoms with E-state index in [-0.39, 0.29) is 10.6 Å². The van der Waals surface area contributed by atoms with E-state index in [4.69, 9.17) is 5.11 Å². The molecule has 0 aromatic carbocycles. The average molecular weight is 358 g/mol. The fourth-order valence-electron chi connectivity index (χ4n) is 2.63. The van der Waals surface area contributed by atoms with Crippen LogP contribution in [-0.4, -0.2) is 48.3 Å². The van der Waals surface area contributed by atoms with Crippen molar-refractivity contribution >= 4 is 33.2 Å². The molecule has 1 aliphatic carbocycles. The van der Waals surface area contributed by atoms with Gasteiger partial charge in [0.05, 0.1) is 6.42 Å². The van der Waals surface area contributed by atoms with E-state index in [0.717, 1.165) is 24.2 Å². The standard InChI is InChI=1S/C14H18N2O5S2/c17-11(15-14(5-6-14)13(18)19)9-10-3-4-12(22-10)23(20,21)16-7-1-2-8-16/h3-4H,1-2,5-9H2,(H,15,17)(H,18,19). The molecule has 2 fully saturated rings. The Hall–Kier alpha value is -1.45. The Labute approximate surface area is 138 Å². The maximum absolute atomic E-state index is 12.4. The van der Waals surface area contributed by atoms with Gasteiger partial charge in [0.2, 0.25) is 5.91 Å². The summed E-state index contributed by atoms with van der Waals surface area (Å²) in [7, 11) is -3.46. The number of hydrogen-bond acceptors (Lipinski definition) is 5. The van der Waals surface area contributed by atoms with Gasteiger partial charge in [-0.15, -0.1) is 11.3 Å². The van der Waals surface area contributed by atoms with Crippen molar-refractivity contribution in [2.24, 2.45) is 0 Å². The molecule has 1 aromatic heterocycles. The maximum Gasteiger partial charge on any atom is 0.329 e. The van der Waals surface area contributed by atoms with Crippen LogP contribution in [0.1, 0.15) is 30.6 Å². The van der Waals surface area contributed by atoms with Crippen LogP contribution in [0.2, 0.25) is 0 Å². The van der Waals surface area contributed by atoms with E-state index in [1.807, 2.05) is 0 Å². The second-order valence-corrected chi connectivity index (χ2v) is 9.28. The first-order chi connectivity index (χ1) is 10.8. The van der Waals surface area contributed by atoms with Crippen LogP contribution in [0.3, 0.4) is 0 Å². The van der Waals surface area contributed by atoms with Crippen LogP contribution >= 0.6 is 11.3 Å². The molecule has 9 heteroatoms. The topological polar surface area (TPSA) is 104 Å². The molecule has 0 bridgehead atoms. The fourth-order valence-corrected chi connectivity index (χ4v) is 5.66. The van der Waals surface area contributed by atoms with Gasteiger partial charge in [-0.2, -0.15) is 4.31 Å². The summed E-state index contributed by atoms with van der Waals surface area (Å²) in [6, 6.07) is 3.14. The monoisotopic (exact) mass is 358 g/mol. The average Bonchev–Trinajstić information content (AvgIpc) is 2.94. The number of sulfonamides is 1. The minimum Gasteiger partial charge on any atom is -0.480 e. The van der Waals surface area contributed by atoms with Crippen molar-refractivity contribution in [2.45, 2.75) is 41.9 Å². The van der Waals surface area contributed by atoms with Crippen molar-refractivity contribution in [1.29, 1.82) is 0 Å². The normalized spacial score (nSPS) is 20.3. The summed E-state index contributed by atoms with van der Waals surface area (Å²) < 4.78 is 26.5. The molecule has 1 aliphatic heterocycles.